The molecule has 2 N–H and O–H groups in total. The van der Waals surface area contributed by atoms with E-state index in [1.54, 1.807) is 12.1 Å². The zero-order valence-corrected chi connectivity index (χ0v) is 13.7. The van der Waals surface area contributed by atoms with Crippen LogP contribution in [0.2, 0.25) is 0 Å². The van der Waals surface area contributed by atoms with Gasteiger partial charge in [-0.3, -0.25) is 9.59 Å². The molecule has 0 saturated heterocycles. The number of benzene rings is 1. The van der Waals surface area contributed by atoms with Crippen LogP contribution in [0, 0.1) is 10.5 Å². The molecule has 0 atom stereocenters. The van der Waals surface area contributed by atoms with Gasteiger partial charge in [-0.1, -0.05) is 12.1 Å². The van der Waals surface area contributed by atoms with Gasteiger partial charge in [-0.25, -0.2) is 0 Å². The van der Waals surface area contributed by atoms with E-state index in [2.05, 4.69) is 33.2 Å². The van der Waals surface area contributed by atoms with Crippen LogP contribution < -0.4 is 10.6 Å². The third-order valence-corrected chi connectivity index (χ3v) is 4.64. The Bertz CT molecular complexity index is 626. The molecule has 2 aromatic rings. The van der Waals surface area contributed by atoms with E-state index in [0.29, 0.717) is 4.88 Å². The normalized spacial score (nSPS) is 10.1. The smallest absolute Gasteiger partial charge is 0.261 e. The maximum Gasteiger partial charge on any atom is 0.261 e. The fourth-order valence-corrected chi connectivity index (χ4v) is 2.69. The molecule has 6 heteroatoms. The summed E-state index contributed by atoms with van der Waals surface area (Å²) in [6.45, 7) is 1.97. The SMILES string of the molecule is Cc1ccc(NC(=O)CNC(=O)c2cccs2)cc1I. The van der Waals surface area contributed by atoms with Gasteiger partial charge in [0.05, 0.1) is 11.4 Å². The summed E-state index contributed by atoms with van der Waals surface area (Å²) >= 11 is 3.56. The largest absolute Gasteiger partial charge is 0.342 e. The Kier molecular flexibility index (Phi) is 5.13. The highest BCUT2D eigenvalue weighted by Gasteiger charge is 2.09. The fourth-order valence-electron chi connectivity index (χ4n) is 1.53. The van der Waals surface area contributed by atoms with E-state index in [0.717, 1.165) is 14.8 Å². The average Bonchev–Trinajstić information content (AvgIpc) is 2.94. The Morgan fingerprint density at radius 1 is 1.30 bits per heavy atom. The number of aryl methyl sites for hydroxylation is 1. The van der Waals surface area contributed by atoms with Gasteiger partial charge in [-0.05, 0) is 58.7 Å². The number of nitrogens with one attached hydrogen (secondary N) is 2. The Balaban J connectivity index is 1.86. The summed E-state index contributed by atoms with van der Waals surface area (Å²) in [5.41, 5.74) is 1.89. The zero-order valence-electron chi connectivity index (χ0n) is 10.8. The van der Waals surface area contributed by atoms with Gasteiger partial charge in [0, 0.05) is 9.26 Å². The van der Waals surface area contributed by atoms with Crippen molar-refractivity contribution in [3.05, 3.63) is 49.7 Å². The lowest BCUT2D eigenvalue weighted by Gasteiger charge is -2.07. The molecule has 0 aliphatic carbocycles. The van der Waals surface area contributed by atoms with Crippen molar-refractivity contribution in [2.24, 2.45) is 0 Å². The van der Waals surface area contributed by atoms with Crippen molar-refractivity contribution < 1.29 is 9.59 Å². The highest BCUT2D eigenvalue weighted by Crippen LogP contribution is 2.16. The summed E-state index contributed by atoms with van der Waals surface area (Å²) in [7, 11) is 0. The van der Waals surface area contributed by atoms with E-state index in [-0.39, 0.29) is 18.4 Å². The first-order valence-electron chi connectivity index (χ1n) is 5.94. The van der Waals surface area contributed by atoms with Gasteiger partial charge in [-0.2, -0.15) is 0 Å². The maximum atomic E-state index is 11.8. The molecular formula is C14H13IN2O2S. The molecule has 0 unspecified atom stereocenters. The molecule has 1 heterocycles. The molecule has 0 fully saturated rings. The monoisotopic (exact) mass is 400 g/mol. The minimum atomic E-state index is -0.241. The first-order valence-corrected chi connectivity index (χ1v) is 7.90. The lowest BCUT2D eigenvalue weighted by Crippen LogP contribution is -2.32. The average molecular weight is 400 g/mol. The van der Waals surface area contributed by atoms with E-state index in [1.165, 1.54) is 11.3 Å². The zero-order chi connectivity index (χ0) is 14.5. The number of amides is 2. The molecule has 0 aliphatic rings. The topological polar surface area (TPSA) is 58.2 Å². The first-order chi connectivity index (χ1) is 9.56. The molecule has 2 amide bonds. The van der Waals surface area contributed by atoms with Crippen molar-refractivity contribution in [1.29, 1.82) is 0 Å². The molecule has 20 heavy (non-hydrogen) atoms. The highest BCUT2D eigenvalue weighted by molar-refractivity contribution is 14.1. The number of rotatable bonds is 4. The van der Waals surface area contributed by atoms with Gasteiger partial charge in [-0.15, -0.1) is 11.3 Å². The van der Waals surface area contributed by atoms with Crippen LogP contribution in [0.3, 0.4) is 0 Å². The molecule has 1 aromatic heterocycles. The summed E-state index contributed by atoms with van der Waals surface area (Å²) in [5, 5.41) is 7.17. The number of halogens is 1. The molecular weight excluding hydrogens is 387 g/mol. The highest BCUT2D eigenvalue weighted by atomic mass is 127. The second-order valence-electron chi connectivity index (χ2n) is 4.17. The van der Waals surface area contributed by atoms with E-state index in [4.69, 9.17) is 0 Å². The van der Waals surface area contributed by atoms with Crippen molar-refractivity contribution in [2.75, 3.05) is 11.9 Å². The molecule has 2 rings (SSSR count). The first kappa shape index (κ1) is 15.0. The standard InChI is InChI=1S/C14H13IN2O2S/c1-9-4-5-10(7-11(9)15)17-13(18)8-16-14(19)12-3-2-6-20-12/h2-7H,8H2,1H3,(H,16,19)(H,17,18). The summed E-state index contributed by atoms with van der Waals surface area (Å²) in [5.74, 6) is -0.469. The second kappa shape index (κ2) is 6.85. The molecule has 0 bridgehead atoms. The van der Waals surface area contributed by atoms with Crippen LogP contribution in [-0.2, 0) is 4.79 Å². The second-order valence-corrected chi connectivity index (χ2v) is 6.28. The van der Waals surface area contributed by atoms with E-state index in [1.807, 2.05) is 30.5 Å². The number of carbonyl (C=O) groups is 2. The van der Waals surface area contributed by atoms with Crippen LogP contribution in [0.1, 0.15) is 15.2 Å². The molecule has 1 aromatic carbocycles. The lowest BCUT2D eigenvalue weighted by atomic mass is 10.2. The molecule has 4 nitrogen and oxygen atoms in total. The van der Waals surface area contributed by atoms with E-state index in [9.17, 15) is 9.59 Å². The Morgan fingerprint density at radius 3 is 2.75 bits per heavy atom. The minimum absolute atomic E-state index is 0.0405. The summed E-state index contributed by atoms with van der Waals surface area (Å²) in [6.07, 6.45) is 0. The van der Waals surface area contributed by atoms with Gasteiger partial charge < -0.3 is 10.6 Å². The van der Waals surface area contributed by atoms with Crippen LogP contribution in [0.25, 0.3) is 0 Å². The number of hydrogen-bond donors (Lipinski definition) is 2. The quantitative estimate of drug-likeness (QED) is 0.776. The Labute approximate surface area is 134 Å². The molecule has 0 radical (unpaired) electrons. The predicted molar refractivity (Wildman–Crippen MR) is 89.2 cm³/mol. The third kappa shape index (κ3) is 4.04. The maximum absolute atomic E-state index is 11.8. The van der Waals surface area contributed by atoms with Crippen LogP contribution in [0.5, 0.6) is 0 Å². The third-order valence-electron chi connectivity index (χ3n) is 2.61. The summed E-state index contributed by atoms with van der Waals surface area (Å²) in [6, 6.07) is 9.21. The van der Waals surface area contributed by atoms with E-state index >= 15 is 0 Å². The van der Waals surface area contributed by atoms with Crippen LogP contribution in [0.4, 0.5) is 5.69 Å². The van der Waals surface area contributed by atoms with Gasteiger partial charge in [0.1, 0.15) is 0 Å². The van der Waals surface area contributed by atoms with Crippen LogP contribution in [0.15, 0.2) is 35.7 Å². The molecule has 0 spiro atoms. The fraction of sp³-hybridized carbons (Fsp3) is 0.143. The Hall–Kier alpha value is -1.41. The van der Waals surface area contributed by atoms with Gasteiger partial charge in [0.15, 0.2) is 0 Å². The van der Waals surface area contributed by atoms with Crippen molar-refractivity contribution in [2.45, 2.75) is 6.92 Å². The number of thiophene rings is 1. The van der Waals surface area contributed by atoms with Gasteiger partial charge in [0.2, 0.25) is 5.91 Å². The van der Waals surface area contributed by atoms with Crippen molar-refractivity contribution in [3.63, 3.8) is 0 Å². The van der Waals surface area contributed by atoms with Crippen molar-refractivity contribution in [3.8, 4) is 0 Å². The van der Waals surface area contributed by atoms with E-state index < -0.39 is 0 Å². The van der Waals surface area contributed by atoms with Crippen LogP contribution >= 0.6 is 33.9 Å². The minimum Gasteiger partial charge on any atom is -0.342 e. The predicted octanol–water partition coefficient (Wildman–Crippen LogP) is 3.03. The van der Waals surface area contributed by atoms with Gasteiger partial charge >= 0.3 is 0 Å². The number of carbonyl (C=O) groups excluding carboxylic acids is 2. The number of anilines is 1. The summed E-state index contributed by atoms with van der Waals surface area (Å²) < 4.78 is 1.09. The molecule has 104 valence electrons. The molecule has 0 aliphatic heterocycles. The Morgan fingerprint density at radius 2 is 2.10 bits per heavy atom. The number of hydrogen-bond acceptors (Lipinski definition) is 3. The van der Waals surface area contributed by atoms with Crippen LogP contribution in [-0.4, -0.2) is 18.4 Å². The lowest BCUT2D eigenvalue weighted by molar-refractivity contribution is -0.115. The van der Waals surface area contributed by atoms with Crippen molar-refractivity contribution >= 4 is 51.4 Å². The molecule has 0 saturated carbocycles. The van der Waals surface area contributed by atoms with Gasteiger partial charge in [0.25, 0.3) is 5.91 Å². The summed E-state index contributed by atoms with van der Waals surface area (Å²) in [4.78, 5) is 24.0. The van der Waals surface area contributed by atoms with Crippen molar-refractivity contribution in [1.82, 2.24) is 5.32 Å².